The summed E-state index contributed by atoms with van der Waals surface area (Å²) in [5.74, 6) is 1.02. The van der Waals surface area contributed by atoms with Gasteiger partial charge in [-0.25, -0.2) is 0 Å². The van der Waals surface area contributed by atoms with Crippen LogP contribution in [0.3, 0.4) is 0 Å². The van der Waals surface area contributed by atoms with E-state index < -0.39 is 0 Å². The summed E-state index contributed by atoms with van der Waals surface area (Å²) in [6.07, 6.45) is 36.8. The van der Waals surface area contributed by atoms with Gasteiger partial charge in [-0.1, -0.05) is 181 Å². The van der Waals surface area contributed by atoms with Crippen LogP contribution in [0.5, 0.6) is 0 Å². The zero-order chi connectivity index (χ0) is 21.3. The quantitative estimate of drug-likeness (QED) is 0.132. The minimum absolute atomic E-state index is 1.02. The molecule has 0 amide bonds. The molecule has 0 aliphatic carbocycles. The highest BCUT2D eigenvalue weighted by Gasteiger charge is 2.05. The molecule has 1 unspecified atom stereocenters. The summed E-state index contributed by atoms with van der Waals surface area (Å²) in [5.41, 5.74) is 0. The highest BCUT2D eigenvalue weighted by atomic mass is 14.1. The molecule has 0 radical (unpaired) electrons. The minimum Gasteiger partial charge on any atom is -0.0654 e. The maximum atomic E-state index is 2.41. The van der Waals surface area contributed by atoms with Gasteiger partial charge >= 0.3 is 0 Å². The van der Waals surface area contributed by atoms with Crippen LogP contribution in [0, 0.1) is 5.92 Å². The second kappa shape index (κ2) is 26.0. The molecule has 0 saturated heterocycles. The van der Waals surface area contributed by atoms with Crippen LogP contribution in [-0.4, -0.2) is 0 Å². The first-order valence-electron chi connectivity index (χ1n) is 14.3. The van der Waals surface area contributed by atoms with Crippen LogP contribution in [-0.2, 0) is 0 Å². The number of hydrogen-bond acceptors (Lipinski definition) is 0. The van der Waals surface area contributed by atoms with Gasteiger partial charge < -0.3 is 0 Å². The Labute approximate surface area is 187 Å². The lowest BCUT2D eigenvalue weighted by molar-refractivity contribution is 0.393. The summed E-state index contributed by atoms with van der Waals surface area (Å²) >= 11 is 0. The van der Waals surface area contributed by atoms with E-state index in [1.165, 1.54) is 161 Å². The first kappa shape index (κ1) is 29.0. The predicted molar refractivity (Wildman–Crippen MR) is 136 cm³/mol. The van der Waals surface area contributed by atoms with Crippen LogP contribution in [0.25, 0.3) is 0 Å². The lowest BCUT2D eigenvalue weighted by Crippen LogP contribution is -1.99. The van der Waals surface area contributed by atoms with Crippen molar-refractivity contribution in [3.8, 4) is 0 Å². The molecule has 29 heavy (non-hydrogen) atoms. The first-order chi connectivity index (χ1) is 14.3. The van der Waals surface area contributed by atoms with E-state index in [-0.39, 0.29) is 0 Å². The van der Waals surface area contributed by atoms with Crippen molar-refractivity contribution in [1.82, 2.24) is 0 Å². The van der Waals surface area contributed by atoms with Crippen LogP contribution >= 0.6 is 0 Å². The van der Waals surface area contributed by atoms with Crippen molar-refractivity contribution in [3.05, 3.63) is 0 Å². The SMILES string of the molecule is CCCCCCCCCCCCCCCCCCCC(CC)CCCCCCC. The Hall–Kier alpha value is 0. The molecule has 0 saturated carbocycles. The molecule has 0 aliphatic rings. The minimum atomic E-state index is 1.02. The van der Waals surface area contributed by atoms with E-state index in [4.69, 9.17) is 0 Å². The fourth-order valence-electron chi connectivity index (χ4n) is 4.75. The molecule has 0 aromatic rings. The Bertz CT molecular complexity index is 269. The molecule has 0 aromatic carbocycles. The van der Waals surface area contributed by atoms with Crippen molar-refractivity contribution in [2.24, 2.45) is 5.92 Å². The van der Waals surface area contributed by atoms with Gasteiger partial charge in [-0.15, -0.1) is 0 Å². The van der Waals surface area contributed by atoms with Gasteiger partial charge in [0.25, 0.3) is 0 Å². The van der Waals surface area contributed by atoms with Crippen molar-refractivity contribution < 1.29 is 0 Å². The summed E-state index contributed by atoms with van der Waals surface area (Å²) in [5, 5.41) is 0. The molecule has 1 atom stereocenters. The molecule has 0 nitrogen and oxygen atoms in total. The lowest BCUT2D eigenvalue weighted by Gasteiger charge is -2.14. The van der Waals surface area contributed by atoms with Crippen molar-refractivity contribution in [3.63, 3.8) is 0 Å². The second-order valence-electron chi connectivity index (χ2n) is 9.92. The highest BCUT2D eigenvalue weighted by molar-refractivity contribution is 4.59. The Balaban J connectivity index is 3.18. The molecular weight excluding hydrogens is 348 g/mol. The average molecular weight is 409 g/mol. The van der Waals surface area contributed by atoms with Crippen LogP contribution < -0.4 is 0 Å². The lowest BCUT2D eigenvalue weighted by atomic mass is 9.92. The van der Waals surface area contributed by atoms with E-state index in [1.54, 1.807) is 0 Å². The van der Waals surface area contributed by atoms with Gasteiger partial charge in [0.15, 0.2) is 0 Å². The third-order valence-corrected chi connectivity index (χ3v) is 7.01. The first-order valence-corrected chi connectivity index (χ1v) is 14.3. The Morgan fingerprint density at radius 3 is 0.793 bits per heavy atom. The van der Waals surface area contributed by atoms with Gasteiger partial charge in [0.05, 0.1) is 0 Å². The summed E-state index contributed by atoms with van der Waals surface area (Å²) in [4.78, 5) is 0. The molecule has 0 N–H and O–H groups in total. The molecular formula is C29H60. The zero-order valence-corrected chi connectivity index (χ0v) is 21.3. The fourth-order valence-corrected chi connectivity index (χ4v) is 4.75. The maximum absolute atomic E-state index is 2.41. The zero-order valence-electron chi connectivity index (χ0n) is 21.3. The standard InChI is InChI=1S/C29H60/c1-4-7-9-11-12-13-14-15-16-17-18-19-20-21-22-24-26-28-29(6-3)27-25-23-10-8-5-2/h29H,4-28H2,1-3H3. The molecule has 0 aliphatic heterocycles. The summed E-state index contributed by atoms with van der Waals surface area (Å²) in [7, 11) is 0. The predicted octanol–water partition coefficient (Wildman–Crippen LogP) is 11.4. The number of hydrogen-bond donors (Lipinski definition) is 0. The fraction of sp³-hybridized carbons (Fsp3) is 1.00. The van der Waals surface area contributed by atoms with E-state index in [9.17, 15) is 0 Å². The van der Waals surface area contributed by atoms with Crippen molar-refractivity contribution in [2.75, 3.05) is 0 Å². The van der Waals surface area contributed by atoms with Crippen LogP contribution in [0.4, 0.5) is 0 Å². The van der Waals surface area contributed by atoms with E-state index in [2.05, 4.69) is 20.8 Å². The van der Waals surface area contributed by atoms with E-state index in [1.807, 2.05) is 0 Å². The molecule has 0 heterocycles. The van der Waals surface area contributed by atoms with Crippen LogP contribution in [0.1, 0.15) is 181 Å². The van der Waals surface area contributed by atoms with Gasteiger partial charge in [-0.05, 0) is 5.92 Å². The summed E-state index contributed by atoms with van der Waals surface area (Å²) in [6.45, 7) is 7.02. The van der Waals surface area contributed by atoms with Crippen LogP contribution in [0.15, 0.2) is 0 Å². The highest BCUT2D eigenvalue weighted by Crippen LogP contribution is 2.21. The smallest absolute Gasteiger partial charge is 0.0417 e. The average Bonchev–Trinajstić information content (AvgIpc) is 2.74. The maximum Gasteiger partial charge on any atom is -0.0417 e. The molecule has 0 rings (SSSR count). The second-order valence-corrected chi connectivity index (χ2v) is 9.92. The molecule has 0 spiro atoms. The van der Waals surface area contributed by atoms with Crippen molar-refractivity contribution in [1.29, 1.82) is 0 Å². The molecule has 0 heteroatoms. The van der Waals surface area contributed by atoms with Crippen molar-refractivity contribution in [2.45, 2.75) is 181 Å². The normalized spacial score (nSPS) is 12.5. The number of rotatable bonds is 25. The van der Waals surface area contributed by atoms with Gasteiger partial charge in [0.1, 0.15) is 0 Å². The van der Waals surface area contributed by atoms with Gasteiger partial charge in [0.2, 0.25) is 0 Å². The molecule has 176 valence electrons. The Morgan fingerprint density at radius 2 is 0.552 bits per heavy atom. The van der Waals surface area contributed by atoms with E-state index >= 15 is 0 Å². The molecule has 0 bridgehead atoms. The van der Waals surface area contributed by atoms with Crippen LogP contribution in [0.2, 0.25) is 0 Å². The Kier molecular flexibility index (Phi) is 26.0. The topological polar surface area (TPSA) is 0 Å². The van der Waals surface area contributed by atoms with E-state index in [0.717, 1.165) is 5.92 Å². The van der Waals surface area contributed by atoms with E-state index in [0.29, 0.717) is 0 Å². The molecule has 0 aromatic heterocycles. The number of unbranched alkanes of at least 4 members (excludes halogenated alkanes) is 20. The third kappa shape index (κ3) is 24.1. The summed E-state index contributed by atoms with van der Waals surface area (Å²) < 4.78 is 0. The monoisotopic (exact) mass is 408 g/mol. The van der Waals surface area contributed by atoms with Gasteiger partial charge in [-0.2, -0.15) is 0 Å². The van der Waals surface area contributed by atoms with Gasteiger partial charge in [-0.3, -0.25) is 0 Å². The third-order valence-electron chi connectivity index (χ3n) is 7.01. The summed E-state index contributed by atoms with van der Waals surface area (Å²) in [6, 6.07) is 0. The Morgan fingerprint density at radius 1 is 0.310 bits per heavy atom. The largest absolute Gasteiger partial charge is 0.0654 e. The van der Waals surface area contributed by atoms with Crippen molar-refractivity contribution >= 4 is 0 Å². The molecule has 0 fully saturated rings. The van der Waals surface area contributed by atoms with Gasteiger partial charge in [0, 0.05) is 0 Å².